The molecule has 0 spiro atoms. The average Bonchev–Trinajstić information content (AvgIpc) is 3.31. The van der Waals surface area contributed by atoms with Gasteiger partial charge in [-0.2, -0.15) is 4.80 Å². The maximum atomic E-state index is 12.7. The molecule has 3 rings (SSSR count). The van der Waals surface area contributed by atoms with Gasteiger partial charge in [0.25, 0.3) is 0 Å². The highest BCUT2D eigenvalue weighted by Crippen LogP contribution is 2.39. The first kappa shape index (κ1) is 28.5. The quantitative estimate of drug-likeness (QED) is 0.338. The molecular formula is C24H28Cl2N6O4S. The van der Waals surface area contributed by atoms with Crippen LogP contribution in [0.3, 0.4) is 0 Å². The van der Waals surface area contributed by atoms with Crippen LogP contribution in [0.15, 0.2) is 46.5 Å². The molecule has 0 saturated heterocycles. The highest BCUT2D eigenvalue weighted by Gasteiger charge is 2.22. The lowest BCUT2D eigenvalue weighted by Gasteiger charge is -2.15. The molecule has 1 heterocycles. The largest absolute Gasteiger partial charge is 0.497 e. The number of carbonyl (C=O) groups excluding carboxylic acids is 2. The molecule has 3 aromatic rings. The van der Waals surface area contributed by atoms with Gasteiger partial charge in [0.05, 0.1) is 34.7 Å². The maximum absolute atomic E-state index is 12.7. The Morgan fingerprint density at radius 3 is 2.43 bits per heavy atom. The second-order valence-corrected chi connectivity index (χ2v) is 9.93. The Bertz CT molecular complexity index is 1200. The minimum absolute atomic E-state index is 0.167. The molecule has 0 aliphatic carbocycles. The van der Waals surface area contributed by atoms with Gasteiger partial charge in [0.1, 0.15) is 12.3 Å². The Balaban J connectivity index is 1.51. The van der Waals surface area contributed by atoms with Crippen LogP contribution >= 0.6 is 35.0 Å². The molecule has 1 amide bonds. The molecule has 10 nitrogen and oxygen atoms in total. The third-order valence-corrected chi connectivity index (χ3v) is 7.11. The average molecular weight is 567 g/mol. The zero-order chi connectivity index (χ0) is 26.9. The molecule has 37 heavy (non-hydrogen) atoms. The first-order valence-corrected chi connectivity index (χ1v) is 13.0. The number of ether oxygens (including phenoxy) is 2. The molecule has 198 valence electrons. The summed E-state index contributed by atoms with van der Waals surface area (Å²) in [7, 11) is 5.38. The summed E-state index contributed by atoms with van der Waals surface area (Å²) in [5.74, 6) is 0.473. The van der Waals surface area contributed by atoms with Crippen molar-refractivity contribution in [3.63, 3.8) is 0 Å². The molecule has 1 atom stereocenters. The summed E-state index contributed by atoms with van der Waals surface area (Å²) in [5, 5.41) is 15.9. The molecule has 0 aliphatic rings. The second-order valence-electron chi connectivity index (χ2n) is 8.14. The Morgan fingerprint density at radius 1 is 1.16 bits per heavy atom. The van der Waals surface area contributed by atoms with Crippen LogP contribution in [0.5, 0.6) is 5.75 Å². The van der Waals surface area contributed by atoms with Crippen molar-refractivity contribution < 1.29 is 19.1 Å². The van der Waals surface area contributed by atoms with Crippen molar-refractivity contribution in [1.29, 1.82) is 0 Å². The number of methoxy groups -OCH3 is 1. The van der Waals surface area contributed by atoms with Crippen LogP contribution in [0.2, 0.25) is 10.0 Å². The number of hydrogen-bond acceptors (Lipinski definition) is 9. The van der Waals surface area contributed by atoms with E-state index in [4.69, 9.17) is 32.7 Å². The first-order valence-electron chi connectivity index (χ1n) is 11.4. The Morgan fingerprint density at radius 2 is 1.84 bits per heavy atom. The zero-order valence-corrected chi connectivity index (χ0v) is 23.2. The fourth-order valence-electron chi connectivity index (χ4n) is 3.23. The molecule has 1 N–H and O–H groups in total. The monoisotopic (exact) mass is 566 g/mol. The van der Waals surface area contributed by atoms with Gasteiger partial charge >= 0.3 is 6.09 Å². The molecule has 0 saturated carbocycles. The van der Waals surface area contributed by atoms with Gasteiger partial charge in [0.2, 0.25) is 5.16 Å². The third-order valence-electron chi connectivity index (χ3n) is 5.30. The number of aromatic nitrogens is 4. The first-order chi connectivity index (χ1) is 17.7. The summed E-state index contributed by atoms with van der Waals surface area (Å²) in [5.41, 5.74) is 1.86. The van der Waals surface area contributed by atoms with E-state index in [0.29, 0.717) is 27.8 Å². The molecule has 0 radical (unpaired) electrons. The SMILES string of the molecule is CCC(NC(=O)OCCc1ccc(OC)cc1)C(=O)Cn1nnc(Sc2c(Cl)cc(N(C)C)cc2Cl)n1. The van der Waals surface area contributed by atoms with Crippen LogP contribution in [0.25, 0.3) is 0 Å². The summed E-state index contributed by atoms with van der Waals surface area (Å²) in [6.07, 6.45) is 0.255. The van der Waals surface area contributed by atoms with Crippen molar-refractivity contribution in [3.05, 3.63) is 52.0 Å². The summed E-state index contributed by atoms with van der Waals surface area (Å²) in [6.45, 7) is 1.80. The van der Waals surface area contributed by atoms with Crippen LogP contribution < -0.4 is 15.0 Å². The van der Waals surface area contributed by atoms with E-state index in [1.54, 1.807) is 26.2 Å². The fourth-order valence-corrected chi connectivity index (χ4v) is 4.64. The minimum Gasteiger partial charge on any atom is -0.497 e. The number of Topliss-reactive ketones (excluding diaryl/α,β-unsaturated/α-hetero) is 1. The number of carbonyl (C=O) groups is 2. The van der Waals surface area contributed by atoms with Crippen molar-refractivity contribution in [2.45, 2.75) is 42.4 Å². The van der Waals surface area contributed by atoms with Crippen molar-refractivity contribution in [1.82, 2.24) is 25.5 Å². The Labute approximate surface area is 229 Å². The Hall–Kier alpha value is -3.02. The molecule has 1 aromatic heterocycles. The van der Waals surface area contributed by atoms with Crippen LogP contribution in [0, 0.1) is 0 Å². The third kappa shape index (κ3) is 8.24. The van der Waals surface area contributed by atoms with E-state index >= 15 is 0 Å². The summed E-state index contributed by atoms with van der Waals surface area (Å²) < 4.78 is 10.4. The standard InChI is InChI=1S/C24H28Cl2N6O4S/c1-5-20(27-24(34)36-11-10-15-6-8-17(35-4)9-7-15)21(33)14-32-29-23(28-30-32)37-22-18(25)12-16(31(2)3)13-19(22)26/h6-9,12-13,20H,5,10-11,14H2,1-4H3,(H,27,34). The molecule has 0 fully saturated rings. The number of hydrogen-bond donors (Lipinski definition) is 1. The van der Waals surface area contributed by atoms with Crippen LogP contribution in [0.4, 0.5) is 10.5 Å². The maximum Gasteiger partial charge on any atom is 0.407 e. The number of benzene rings is 2. The lowest BCUT2D eigenvalue weighted by molar-refractivity contribution is -0.122. The molecule has 0 aliphatic heterocycles. The van der Waals surface area contributed by atoms with E-state index in [1.807, 2.05) is 43.3 Å². The van der Waals surface area contributed by atoms with Gasteiger partial charge < -0.3 is 19.7 Å². The van der Waals surface area contributed by atoms with Gasteiger partial charge in [-0.05, 0) is 53.2 Å². The molecule has 0 bridgehead atoms. The van der Waals surface area contributed by atoms with Crippen molar-refractivity contribution >= 4 is 52.5 Å². The van der Waals surface area contributed by atoms with Crippen molar-refractivity contribution in [2.24, 2.45) is 0 Å². The smallest absolute Gasteiger partial charge is 0.407 e. The summed E-state index contributed by atoms with van der Waals surface area (Å²) >= 11 is 13.9. The van der Waals surface area contributed by atoms with Gasteiger partial charge in [-0.25, -0.2) is 4.79 Å². The number of rotatable bonds is 12. The number of nitrogens with zero attached hydrogens (tertiary/aromatic N) is 5. The molecule has 2 aromatic carbocycles. The van der Waals surface area contributed by atoms with E-state index in [9.17, 15) is 9.59 Å². The van der Waals surface area contributed by atoms with Gasteiger partial charge in [-0.15, -0.1) is 10.2 Å². The Kier molecular flexibility index (Phi) is 10.4. The van der Waals surface area contributed by atoms with E-state index in [1.165, 1.54) is 4.80 Å². The number of ketones is 1. The lowest BCUT2D eigenvalue weighted by Crippen LogP contribution is -2.42. The van der Waals surface area contributed by atoms with Gasteiger partial charge in [-0.3, -0.25) is 4.79 Å². The van der Waals surface area contributed by atoms with Crippen molar-refractivity contribution in [2.75, 3.05) is 32.7 Å². The van der Waals surface area contributed by atoms with Crippen LogP contribution in [0.1, 0.15) is 18.9 Å². The topological polar surface area (TPSA) is 111 Å². The van der Waals surface area contributed by atoms with E-state index < -0.39 is 12.1 Å². The van der Waals surface area contributed by atoms with E-state index in [0.717, 1.165) is 28.8 Å². The number of alkyl carbamates (subject to hydrolysis) is 1. The van der Waals surface area contributed by atoms with Crippen LogP contribution in [-0.4, -0.2) is 65.9 Å². The van der Waals surface area contributed by atoms with Crippen LogP contribution in [-0.2, 0) is 22.5 Å². The normalized spacial score (nSPS) is 11.6. The highest BCUT2D eigenvalue weighted by atomic mass is 35.5. The minimum atomic E-state index is -0.752. The summed E-state index contributed by atoms with van der Waals surface area (Å²) in [4.78, 5) is 28.6. The second kappa shape index (κ2) is 13.5. The number of nitrogens with one attached hydrogen (secondary N) is 1. The number of anilines is 1. The molecule has 13 heteroatoms. The predicted molar refractivity (Wildman–Crippen MR) is 143 cm³/mol. The number of amides is 1. The van der Waals surface area contributed by atoms with Crippen molar-refractivity contribution in [3.8, 4) is 5.75 Å². The van der Waals surface area contributed by atoms with E-state index in [-0.39, 0.29) is 24.1 Å². The highest BCUT2D eigenvalue weighted by molar-refractivity contribution is 7.99. The van der Waals surface area contributed by atoms with Gasteiger partial charge in [-0.1, -0.05) is 42.3 Å². The van der Waals surface area contributed by atoms with Gasteiger partial charge in [0, 0.05) is 26.2 Å². The number of tetrazole rings is 1. The van der Waals surface area contributed by atoms with E-state index in [2.05, 4.69) is 20.7 Å². The number of halogens is 2. The van der Waals surface area contributed by atoms with Gasteiger partial charge in [0.15, 0.2) is 5.78 Å². The lowest BCUT2D eigenvalue weighted by atomic mass is 10.1. The predicted octanol–water partition coefficient (Wildman–Crippen LogP) is 4.52. The molecular weight excluding hydrogens is 539 g/mol. The fraction of sp³-hybridized carbons (Fsp3) is 0.375. The zero-order valence-electron chi connectivity index (χ0n) is 20.9. The summed E-state index contributed by atoms with van der Waals surface area (Å²) in [6, 6.07) is 10.3. The molecule has 1 unspecified atom stereocenters.